The van der Waals surface area contributed by atoms with Crippen LogP contribution in [0.4, 0.5) is 5.69 Å². The van der Waals surface area contributed by atoms with E-state index in [1.807, 2.05) is 30.4 Å². The number of benzene rings is 2. The van der Waals surface area contributed by atoms with Gasteiger partial charge in [0.05, 0.1) is 11.0 Å². The van der Waals surface area contributed by atoms with Crippen molar-refractivity contribution in [3.8, 4) is 11.8 Å². The van der Waals surface area contributed by atoms with E-state index in [1.165, 1.54) is 18.3 Å². The molecule has 8 nitrogen and oxygen atoms in total. The fourth-order valence-electron chi connectivity index (χ4n) is 3.63. The number of nitrogens with zero attached hydrogens (tertiary/aromatic N) is 1. The van der Waals surface area contributed by atoms with Crippen LogP contribution in [0, 0.1) is 22.0 Å². The molecule has 0 radical (unpaired) electrons. The lowest BCUT2D eigenvalue weighted by atomic mass is 10.00. The molecule has 0 aromatic heterocycles. The molecule has 8 heteroatoms. The third-order valence-electron chi connectivity index (χ3n) is 5.33. The highest BCUT2D eigenvalue weighted by molar-refractivity contribution is 5.96. The molecule has 1 aliphatic rings. The average Bonchev–Trinajstić information content (AvgIpc) is 2.84. The van der Waals surface area contributed by atoms with Gasteiger partial charge in [0.1, 0.15) is 11.7 Å². The molecule has 0 unspecified atom stereocenters. The molecule has 1 amide bonds. The molecule has 0 saturated carbocycles. The second-order valence-electron chi connectivity index (χ2n) is 7.97. The summed E-state index contributed by atoms with van der Waals surface area (Å²) in [6.45, 7) is 0. The lowest BCUT2D eigenvalue weighted by Gasteiger charge is -2.21. The number of aliphatic hydroxyl groups is 1. The molecule has 3 rings (SSSR count). The summed E-state index contributed by atoms with van der Waals surface area (Å²) in [7, 11) is 0. The Bertz CT molecular complexity index is 1180. The predicted molar refractivity (Wildman–Crippen MR) is 130 cm³/mol. The van der Waals surface area contributed by atoms with Gasteiger partial charge in [0.2, 0.25) is 0 Å². The fourth-order valence-corrected chi connectivity index (χ4v) is 3.63. The molecule has 2 aromatic rings. The normalized spacial score (nSPS) is 19.2. The highest BCUT2D eigenvalue weighted by atomic mass is 16.6. The zero-order chi connectivity index (χ0) is 25.0. The minimum Gasteiger partial charge on any atom is -0.458 e. The van der Waals surface area contributed by atoms with Crippen LogP contribution >= 0.6 is 0 Å². The Kier molecular flexibility index (Phi) is 9.34. The zero-order valence-corrected chi connectivity index (χ0v) is 19.1. The summed E-state index contributed by atoms with van der Waals surface area (Å²) in [6.07, 6.45) is 7.05. The molecule has 0 bridgehead atoms. The Hall–Kier alpha value is -4.22. The van der Waals surface area contributed by atoms with E-state index in [4.69, 9.17) is 4.74 Å². The number of fused-ring (bicyclic) bond motifs is 1. The standard InChI is InChI=1S/C27H26N2O6/c30-22-13-6-2-5-11-21-12-7-15-24(29(33)34)26(21)27(32)35-23(19-22)14-8-18-28-25(31)17-16-20-9-3-1-4-10-20/h1-5,7-10,12,15,18,22-23,30H,6,11,13-14,19H2,(H,28,31)/b5-2+,18-8+/t22-,23-/m0/s1. The van der Waals surface area contributed by atoms with Gasteiger partial charge in [-0.2, -0.15) is 0 Å². The highest BCUT2D eigenvalue weighted by Gasteiger charge is 2.28. The number of nitro benzene ring substituents is 1. The smallest absolute Gasteiger partial charge is 0.345 e. The summed E-state index contributed by atoms with van der Waals surface area (Å²) in [4.78, 5) is 35.8. The molecule has 0 fully saturated rings. The number of hydrogen-bond acceptors (Lipinski definition) is 6. The van der Waals surface area contributed by atoms with Crippen LogP contribution in [0.2, 0.25) is 0 Å². The largest absolute Gasteiger partial charge is 0.458 e. The van der Waals surface area contributed by atoms with Crippen molar-refractivity contribution in [1.82, 2.24) is 5.32 Å². The number of carbonyl (C=O) groups excluding carboxylic acids is 2. The molecule has 35 heavy (non-hydrogen) atoms. The molecular formula is C27H26N2O6. The average molecular weight is 475 g/mol. The number of nitrogens with one attached hydrogen (secondary N) is 1. The van der Waals surface area contributed by atoms with Crippen molar-refractivity contribution < 1.29 is 24.4 Å². The summed E-state index contributed by atoms with van der Waals surface area (Å²) in [6, 6.07) is 13.6. The van der Waals surface area contributed by atoms with Crippen LogP contribution in [-0.4, -0.2) is 34.1 Å². The summed E-state index contributed by atoms with van der Waals surface area (Å²) < 4.78 is 5.60. The number of nitro groups is 1. The number of allylic oxidation sites excluding steroid dienone is 2. The minimum atomic E-state index is -0.815. The summed E-state index contributed by atoms with van der Waals surface area (Å²) in [5, 5.41) is 24.4. The molecule has 180 valence electrons. The van der Waals surface area contributed by atoms with E-state index < -0.39 is 29.0 Å². The van der Waals surface area contributed by atoms with Crippen LogP contribution in [0.5, 0.6) is 0 Å². The van der Waals surface area contributed by atoms with Gasteiger partial charge in [-0.3, -0.25) is 14.9 Å². The van der Waals surface area contributed by atoms with Crippen LogP contribution < -0.4 is 5.32 Å². The molecule has 0 spiro atoms. The number of carbonyl (C=O) groups is 2. The van der Waals surface area contributed by atoms with Crippen molar-refractivity contribution in [3.05, 3.63) is 99.8 Å². The van der Waals surface area contributed by atoms with Gasteiger partial charge in [0.25, 0.3) is 11.6 Å². The third kappa shape index (κ3) is 7.95. The molecule has 0 saturated heterocycles. The first kappa shape index (κ1) is 25.4. The van der Waals surface area contributed by atoms with E-state index >= 15 is 0 Å². The van der Waals surface area contributed by atoms with Gasteiger partial charge in [-0.1, -0.05) is 54.5 Å². The number of amides is 1. The van der Waals surface area contributed by atoms with Gasteiger partial charge in [-0.05, 0) is 37.0 Å². The predicted octanol–water partition coefficient (Wildman–Crippen LogP) is 3.84. The van der Waals surface area contributed by atoms with E-state index in [-0.39, 0.29) is 24.1 Å². The Morgan fingerprint density at radius 3 is 2.77 bits per heavy atom. The molecule has 2 aromatic carbocycles. The van der Waals surface area contributed by atoms with Crippen LogP contribution in [0.1, 0.15) is 47.2 Å². The van der Waals surface area contributed by atoms with Gasteiger partial charge >= 0.3 is 5.97 Å². The molecular weight excluding hydrogens is 448 g/mol. The van der Waals surface area contributed by atoms with Crippen molar-refractivity contribution in [3.63, 3.8) is 0 Å². The van der Waals surface area contributed by atoms with Gasteiger partial charge in [-0.25, -0.2) is 4.79 Å². The molecule has 2 N–H and O–H groups in total. The number of esters is 1. The first-order valence-corrected chi connectivity index (χ1v) is 11.3. The maximum absolute atomic E-state index is 13.0. The summed E-state index contributed by atoms with van der Waals surface area (Å²) in [5.74, 6) is 3.91. The van der Waals surface area contributed by atoms with E-state index in [1.54, 1.807) is 24.3 Å². The first-order chi connectivity index (χ1) is 16.9. The fraction of sp³-hybridized carbons (Fsp3) is 0.259. The van der Waals surface area contributed by atoms with Gasteiger partial charge in [-0.15, -0.1) is 0 Å². The maximum Gasteiger partial charge on any atom is 0.345 e. The summed E-state index contributed by atoms with van der Waals surface area (Å²) in [5.41, 5.74) is 0.804. The Balaban J connectivity index is 1.71. The Labute approximate surface area is 203 Å². The first-order valence-electron chi connectivity index (χ1n) is 11.3. The van der Waals surface area contributed by atoms with E-state index in [2.05, 4.69) is 17.2 Å². The highest BCUT2D eigenvalue weighted by Crippen LogP contribution is 2.26. The SMILES string of the molecule is O=C(C#Cc1ccccc1)N/C=C/C[C@H]1C[C@@H](O)CC/C=C/Cc2cccc([N+](=O)[O-])c2C(=O)O1. The van der Waals surface area contributed by atoms with Crippen LogP contribution in [0.25, 0.3) is 0 Å². The van der Waals surface area contributed by atoms with Crippen molar-refractivity contribution in [1.29, 1.82) is 0 Å². The number of ether oxygens (including phenoxy) is 1. The Morgan fingerprint density at radius 1 is 1.20 bits per heavy atom. The molecule has 0 aliphatic carbocycles. The lowest BCUT2D eigenvalue weighted by Crippen LogP contribution is -2.25. The Morgan fingerprint density at radius 2 is 2.00 bits per heavy atom. The number of cyclic esters (lactones) is 1. The topological polar surface area (TPSA) is 119 Å². The van der Waals surface area contributed by atoms with E-state index in [9.17, 15) is 24.8 Å². The molecule has 1 aliphatic heterocycles. The van der Waals surface area contributed by atoms with Crippen LogP contribution in [0.15, 0.2) is 73.0 Å². The minimum absolute atomic E-state index is 0.0873. The lowest BCUT2D eigenvalue weighted by molar-refractivity contribution is -0.385. The second kappa shape index (κ2) is 12.9. The summed E-state index contributed by atoms with van der Waals surface area (Å²) >= 11 is 0. The van der Waals surface area contributed by atoms with E-state index in [0.717, 1.165) is 0 Å². The number of aliphatic hydroxyl groups excluding tert-OH is 1. The van der Waals surface area contributed by atoms with Crippen molar-refractivity contribution in [2.45, 2.75) is 44.3 Å². The van der Waals surface area contributed by atoms with E-state index in [0.29, 0.717) is 30.4 Å². The molecule has 1 heterocycles. The van der Waals surface area contributed by atoms with Crippen molar-refractivity contribution >= 4 is 17.6 Å². The quantitative estimate of drug-likeness (QED) is 0.229. The van der Waals surface area contributed by atoms with Crippen LogP contribution in [-0.2, 0) is 16.0 Å². The van der Waals surface area contributed by atoms with Gasteiger partial charge < -0.3 is 15.2 Å². The van der Waals surface area contributed by atoms with Gasteiger partial charge in [0.15, 0.2) is 0 Å². The van der Waals surface area contributed by atoms with Crippen LogP contribution in [0.3, 0.4) is 0 Å². The van der Waals surface area contributed by atoms with Crippen molar-refractivity contribution in [2.75, 3.05) is 0 Å². The second-order valence-corrected chi connectivity index (χ2v) is 7.97. The number of rotatable bonds is 4. The van der Waals surface area contributed by atoms with Crippen molar-refractivity contribution in [2.24, 2.45) is 0 Å². The third-order valence-corrected chi connectivity index (χ3v) is 5.33. The zero-order valence-electron chi connectivity index (χ0n) is 19.1. The molecule has 2 atom stereocenters. The monoisotopic (exact) mass is 474 g/mol. The maximum atomic E-state index is 13.0. The number of hydrogen-bond donors (Lipinski definition) is 2. The van der Waals surface area contributed by atoms with Gasteiger partial charge in [0, 0.05) is 36.6 Å².